The molecule has 0 amide bonds. The third-order valence-corrected chi connectivity index (χ3v) is 4.83. The fourth-order valence-corrected chi connectivity index (χ4v) is 4.18. The summed E-state index contributed by atoms with van der Waals surface area (Å²) in [5.74, 6) is 0. The highest BCUT2D eigenvalue weighted by Gasteiger charge is 2.30. The highest BCUT2D eigenvalue weighted by molar-refractivity contribution is 8.01. The van der Waals surface area contributed by atoms with Crippen LogP contribution in [0, 0.1) is 0 Å². The van der Waals surface area contributed by atoms with Gasteiger partial charge < -0.3 is 12.3 Å². The molecule has 0 spiro atoms. The largest absolute Gasteiger partial charge is 0.344 e. The molecule has 0 unspecified atom stereocenters. The average molecular weight is 374 g/mol. The van der Waals surface area contributed by atoms with Crippen LogP contribution >= 0.6 is 0 Å². The van der Waals surface area contributed by atoms with Crippen molar-refractivity contribution in [1.82, 2.24) is 12.3 Å². The van der Waals surface area contributed by atoms with E-state index in [1.807, 2.05) is 0 Å². The van der Waals surface area contributed by atoms with Gasteiger partial charge in [-0.05, 0) is 11.1 Å². The Labute approximate surface area is 140 Å². The summed E-state index contributed by atoms with van der Waals surface area (Å²) in [6.07, 6.45) is 0. The van der Waals surface area contributed by atoms with Crippen molar-refractivity contribution in [3.8, 4) is 0 Å². The summed E-state index contributed by atoms with van der Waals surface area (Å²) >= 11 is 0. The van der Waals surface area contributed by atoms with Crippen molar-refractivity contribution in [2.45, 2.75) is 0 Å². The smallest absolute Gasteiger partial charge is 0.296 e. The molecule has 0 saturated carbocycles. The Balaban J connectivity index is 0.00000264. The minimum atomic E-state index is -4.91. The molecule has 2 aromatic rings. The normalized spacial score (nSPS) is 12.4. The minimum Gasteiger partial charge on any atom is -0.344 e. The SMILES string of the molecule is N.N.O=S(=O)(O)C(=C(c1ccccc1)S(=O)(=O)O)c1ccccc1. The fourth-order valence-electron chi connectivity index (χ4n) is 1.97. The van der Waals surface area contributed by atoms with E-state index in [4.69, 9.17) is 0 Å². The molecule has 0 heterocycles. The zero-order valence-electron chi connectivity index (χ0n) is 12.5. The summed E-state index contributed by atoms with van der Waals surface area (Å²) in [6.45, 7) is 0. The molecule has 132 valence electrons. The Morgan fingerprint density at radius 3 is 1.04 bits per heavy atom. The van der Waals surface area contributed by atoms with Crippen molar-refractivity contribution >= 4 is 30.0 Å². The van der Waals surface area contributed by atoms with Crippen molar-refractivity contribution < 1.29 is 25.9 Å². The van der Waals surface area contributed by atoms with Crippen LogP contribution in [0.15, 0.2) is 60.7 Å². The summed E-state index contributed by atoms with van der Waals surface area (Å²) in [6, 6.07) is 14.4. The van der Waals surface area contributed by atoms with Gasteiger partial charge in [-0.3, -0.25) is 9.11 Å². The second kappa shape index (κ2) is 8.15. The molecule has 8 N–H and O–H groups in total. The molecule has 0 fully saturated rings. The lowest BCUT2D eigenvalue weighted by Crippen LogP contribution is -2.11. The lowest BCUT2D eigenvalue weighted by molar-refractivity contribution is 0.491. The van der Waals surface area contributed by atoms with E-state index in [0.717, 1.165) is 0 Å². The molecule has 10 heteroatoms. The van der Waals surface area contributed by atoms with Gasteiger partial charge in [0.15, 0.2) is 0 Å². The standard InChI is InChI=1S/C14H12O6S2.2H3N/c15-21(16,17)13(11-7-3-1-4-8-11)14(22(18,19)20)12-9-5-2-6-10-12;;/h1-10H,(H,15,16,17)(H,18,19,20);2*1H3. The van der Waals surface area contributed by atoms with Gasteiger partial charge in [-0.2, -0.15) is 16.8 Å². The molecule has 0 atom stereocenters. The lowest BCUT2D eigenvalue weighted by Gasteiger charge is -2.11. The van der Waals surface area contributed by atoms with Gasteiger partial charge in [0.05, 0.1) is 0 Å². The van der Waals surface area contributed by atoms with Crippen molar-refractivity contribution in [2.24, 2.45) is 0 Å². The van der Waals surface area contributed by atoms with Crippen molar-refractivity contribution in [1.29, 1.82) is 0 Å². The van der Waals surface area contributed by atoms with E-state index in [1.165, 1.54) is 48.5 Å². The third kappa shape index (κ3) is 4.96. The quantitative estimate of drug-likeness (QED) is 0.465. The zero-order chi connectivity index (χ0) is 16.4. The Kier molecular flexibility index (Phi) is 7.44. The Morgan fingerprint density at radius 1 is 0.583 bits per heavy atom. The first-order valence-corrected chi connectivity index (χ1v) is 8.89. The van der Waals surface area contributed by atoms with Crippen LogP contribution in [0.1, 0.15) is 11.1 Å². The van der Waals surface area contributed by atoms with E-state index in [1.54, 1.807) is 12.1 Å². The van der Waals surface area contributed by atoms with E-state index in [0.29, 0.717) is 0 Å². The zero-order valence-corrected chi connectivity index (χ0v) is 14.2. The molecule has 0 aliphatic rings. The van der Waals surface area contributed by atoms with Crippen molar-refractivity contribution in [3.63, 3.8) is 0 Å². The van der Waals surface area contributed by atoms with Crippen LogP contribution in [0.5, 0.6) is 0 Å². The maximum absolute atomic E-state index is 11.7. The molecular weight excluding hydrogens is 356 g/mol. The molecule has 8 nitrogen and oxygen atoms in total. The van der Waals surface area contributed by atoms with Gasteiger partial charge in [0.2, 0.25) is 0 Å². The van der Waals surface area contributed by atoms with Crippen LogP contribution in [0.25, 0.3) is 9.81 Å². The summed E-state index contributed by atoms with van der Waals surface area (Å²) < 4.78 is 65.8. The molecular formula is C14H18N2O6S2. The first kappa shape index (κ1) is 21.9. The molecule has 0 aromatic heterocycles. The van der Waals surface area contributed by atoms with Crippen LogP contribution in [-0.4, -0.2) is 25.9 Å². The van der Waals surface area contributed by atoms with Crippen LogP contribution < -0.4 is 12.3 Å². The number of hydrogen-bond donors (Lipinski definition) is 4. The average Bonchev–Trinajstić information content (AvgIpc) is 2.44. The fraction of sp³-hybridized carbons (Fsp3) is 0. The molecule has 0 bridgehead atoms. The van der Waals surface area contributed by atoms with Crippen LogP contribution in [0.2, 0.25) is 0 Å². The van der Waals surface area contributed by atoms with Gasteiger partial charge in [0.1, 0.15) is 9.81 Å². The molecule has 0 aliphatic carbocycles. The van der Waals surface area contributed by atoms with Gasteiger partial charge in [0, 0.05) is 0 Å². The van der Waals surface area contributed by atoms with E-state index in [2.05, 4.69) is 0 Å². The number of hydrogen-bond acceptors (Lipinski definition) is 6. The maximum atomic E-state index is 11.7. The van der Waals surface area contributed by atoms with Gasteiger partial charge in [-0.25, -0.2) is 0 Å². The monoisotopic (exact) mass is 374 g/mol. The summed E-state index contributed by atoms with van der Waals surface area (Å²) in [7, 11) is -9.82. The molecule has 0 aliphatic heterocycles. The van der Waals surface area contributed by atoms with Gasteiger partial charge in [0.25, 0.3) is 20.2 Å². The van der Waals surface area contributed by atoms with Crippen molar-refractivity contribution in [2.75, 3.05) is 0 Å². The summed E-state index contributed by atoms with van der Waals surface area (Å²) in [4.78, 5) is -1.75. The van der Waals surface area contributed by atoms with Crippen molar-refractivity contribution in [3.05, 3.63) is 71.8 Å². The van der Waals surface area contributed by atoms with E-state index < -0.39 is 30.0 Å². The van der Waals surface area contributed by atoms with E-state index in [-0.39, 0.29) is 23.4 Å². The molecule has 0 radical (unpaired) electrons. The second-order valence-corrected chi connectivity index (χ2v) is 7.06. The number of benzene rings is 2. The summed E-state index contributed by atoms with van der Waals surface area (Å²) in [5, 5.41) is 0. The topological polar surface area (TPSA) is 179 Å². The molecule has 24 heavy (non-hydrogen) atoms. The van der Waals surface area contributed by atoms with E-state index in [9.17, 15) is 25.9 Å². The first-order valence-electron chi connectivity index (χ1n) is 6.01. The Bertz CT molecular complexity index is 831. The van der Waals surface area contributed by atoms with Gasteiger partial charge >= 0.3 is 0 Å². The van der Waals surface area contributed by atoms with Crippen LogP contribution in [0.4, 0.5) is 0 Å². The Hall–Kier alpha value is -2.08. The predicted octanol–water partition coefficient (Wildman–Crippen LogP) is 2.61. The summed E-state index contributed by atoms with van der Waals surface area (Å²) in [5.41, 5.74) is -0.108. The van der Waals surface area contributed by atoms with Crippen LogP contribution in [-0.2, 0) is 20.2 Å². The molecule has 2 rings (SSSR count). The molecule has 0 saturated heterocycles. The van der Waals surface area contributed by atoms with E-state index >= 15 is 0 Å². The predicted molar refractivity (Wildman–Crippen MR) is 92.8 cm³/mol. The molecule has 2 aromatic carbocycles. The highest BCUT2D eigenvalue weighted by atomic mass is 32.2. The second-order valence-electron chi connectivity index (χ2n) is 4.34. The van der Waals surface area contributed by atoms with Gasteiger partial charge in [-0.15, -0.1) is 0 Å². The highest BCUT2D eigenvalue weighted by Crippen LogP contribution is 2.33. The third-order valence-electron chi connectivity index (χ3n) is 2.79. The van der Waals surface area contributed by atoms with Gasteiger partial charge in [-0.1, -0.05) is 60.7 Å². The number of rotatable bonds is 4. The maximum Gasteiger partial charge on any atom is 0.296 e. The minimum absolute atomic E-state index is 0. The lowest BCUT2D eigenvalue weighted by atomic mass is 10.1. The van der Waals surface area contributed by atoms with Crippen LogP contribution in [0.3, 0.4) is 0 Å². The first-order chi connectivity index (χ1) is 10.2. The Morgan fingerprint density at radius 2 is 0.833 bits per heavy atom.